The smallest absolute Gasteiger partial charge is 0.143 e. The molecule has 0 aliphatic heterocycles. The molecule has 246 valence electrons. The third-order valence-electron chi connectivity index (χ3n) is 11.1. The van der Waals surface area contributed by atoms with E-state index in [0.717, 1.165) is 21.9 Å². The molecule has 1 heteroatoms. The largest absolute Gasteiger partial charge is 0.455 e. The molecule has 0 aliphatic rings. The zero-order valence-corrected chi connectivity index (χ0v) is 28.9. The Hall–Kier alpha value is -6.96. The van der Waals surface area contributed by atoms with Crippen LogP contribution in [0.1, 0.15) is 0 Å². The van der Waals surface area contributed by atoms with Gasteiger partial charge in [0.25, 0.3) is 0 Å². The van der Waals surface area contributed by atoms with Crippen molar-refractivity contribution in [2.75, 3.05) is 0 Å². The second kappa shape index (κ2) is 11.8. The van der Waals surface area contributed by atoms with Gasteiger partial charge in [-0.3, -0.25) is 0 Å². The molecular weight excluding hydrogens is 641 g/mol. The Morgan fingerprint density at radius 1 is 0.264 bits per heavy atom. The summed E-state index contributed by atoms with van der Waals surface area (Å²) in [6.45, 7) is 0. The minimum atomic E-state index is 0.920. The van der Waals surface area contributed by atoms with Crippen LogP contribution in [0, 0.1) is 0 Å². The molecule has 0 bridgehead atoms. The van der Waals surface area contributed by atoms with Crippen LogP contribution in [0.25, 0.3) is 110 Å². The number of benzene rings is 10. The van der Waals surface area contributed by atoms with E-state index in [1.165, 1.54) is 87.6 Å². The lowest BCUT2D eigenvalue weighted by Crippen LogP contribution is -1.95. The Morgan fingerprint density at radius 2 is 0.755 bits per heavy atom. The molecule has 53 heavy (non-hydrogen) atoms. The third kappa shape index (κ3) is 4.51. The highest BCUT2D eigenvalue weighted by Gasteiger charge is 2.23. The van der Waals surface area contributed by atoms with Crippen molar-refractivity contribution in [3.05, 3.63) is 194 Å². The molecule has 0 atom stereocenters. The van der Waals surface area contributed by atoms with Gasteiger partial charge in [0.05, 0.1) is 0 Å². The fraction of sp³-hybridized carbons (Fsp3) is 0. The summed E-state index contributed by atoms with van der Waals surface area (Å²) in [6.07, 6.45) is 0. The summed E-state index contributed by atoms with van der Waals surface area (Å²) in [5.74, 6) is 0. The van der Waals surface area contributed by atoms with Crippen molar-refractivity contribution in [1.82, 2.24) is 0 Å². The first-order chi connectivity index (χ1) is 26.3. The topological polar surface area (TPSA) is 13.1 Å². The minimum absolute atomic E-state index is 0.920. The van der Waals surface area contributed by atoms with E-state index < -0.39 is 0 Å². The van der Waals surface area contributed by atoms with Crippen molar-refractivity contribution in [3.63, 3.8) is 0 Å². The van der Waals surface area contributed by atoms with E-state index >= 15 is 0 Å². The highest BCUT2D eigenvalue weighted by atomic mass is 16.3. The summed E-state index contributed by atoms with van der Waals surface area (Å²) < 4.78 is 6.73. The lowest BCUT2D eigenvalue weighted by Gasteiger charge is -2.22. The van der Waals surface area contributed by atoms with E-state index in [0.29, 0.717) is 0 Å². The molecule has 0 aliphatic carbocycles. The maximum absolute atomic E-state index is 6.73. The number of rotatable bonds is 4. The van der Waals surface area contributed by atoms with Gasteiger partial charge in [-0.25, -0.2) is 0 Å². The lowest BCUT2D eigenvalue weighted by atomic mass is 9.80. The Morgan fingerprint density at radius 3 is 1.40 bits per heavy atom. The Balaban J connectivity index is 1.25. The Kier molecular flexibility index (Phi) is 6.62. The molecule has 0 saturated carbocycles. The molecule has 10 aromatic carbocycles. The van der Waals surface area contributed by atoms with Gasteiger partial charge in [-0.2, -0.15) is 0 Å². The van der Waals surface area contributed by atoms with Gasteiger partial charge in [-0.15, -0.1) is 0 Å². The van der Waals surface area contributed by atoms with E-state index in [9.17, 15) is 0 Å². The van der Waals surface area contributed by atoms with Gasteiger partial charge in [-0.1, -0.05) is 182 Å². The Bertz CT molecular complexity index is 3090. The SMILES string of the molecule is c1ccc(-c2cccc(-c3ccccc3)c2-c2c3ccccc3c(-c3cccc4c3ccc3c4oc4ccc5ccccc5c43)c3ccccc23)cc1. The standard InChI is InChI=1S/C52H32O/c1-3-15-33(16-4-1)37-25-13-26-38(34-17-5-2-6-18-34)50(37)51-43-23-11-9-21-41(43)48(42-22-10-12-24-44(42)51)40-27-14-28-45-39(40)30-31-46-49-36-20-8-7-19-35(36)29-32-47(49)53-52(45)46/h1-32H. The first-order valence-corrected chi connectivity index (χ1v) is 18.3. The molecule has 11 rings (SSSR count). The van der Waals surface area contributed by atoms with E-state index in [2.05, 4.69) is 194 Å². The van der Waals surface area contributed by atoms with Crippen LogP contribution in [-0.4, -0.2) is 0 Å². The van der Waals surface area contributed by atoms with E-state index in [-0.39, 0.29) is 0 Å². The van der Waals surface area contributed by atoms with E-state index in [1.807, 2.05) is 0 Å². The van der Waals surface area contributed by atoms with Crippen LogP contribution in [0.2, 0.25) is 0 Å². The Labute approximate surface area is 307 Å². The monoisotopic (exact) mass is 672 g/mol. The van der Waals surface area contributed by atoms with E-state index in [1.54, 1.807) is 0 Å². The highest BCUT2D eigenvalue weighted by molar-refractivity contribution is 6.28. The van der Waals surface area contributed by atoms with Crippen LogP contribution in [0.5, 0.6) is 0 Å². The van der Waals surface area contributed by atoms with Crippen LogP contribution < -0.4 is 0 Å². The first-order valence-electron chi connectivity index (χ1n) is 18.3. The first kappa shape index (κ1) is 29.7. The lowest BCUT2D eigenvalue weighted by molar-refractivity contribution is 0.673. The fourth-order valence-electron chi connectivity index (χ4n) is 8.81. The van der Waals surface area contributed by atoms with Gasteiger partial charge in [0.1, 0.15) is 11.2 Å². The summed E-state index contributed by atoms with van der Waals surface area (Å²) in [6, 6.07) is 70.5. The van der Waals surface area contributed by atoms with Crippen molar-refractivity contribution in [3.8, 4) is 44.5 Å². The maximum Gasteiger partial charge on any atom is 0.143 e. The van der Waals surface area contributed by atoms with Crippen LogP contribution >= 0.6 is 0 Å². The van der Waals surface area contributed by atoms with Gasteiger partial charge in [0, 0.05) is 16.2 Å². The number of furan rings is 1. The molecule has 1 heterocycles. The molecule has 0 spiro atoms. The van der Waals surface area contributed by atoms with Gasteiger partial charge in [-0.05, 0) is 94.3 Å². The molecule has 11 aromatic rings. The summed E-state index contributed by atoms with van der Waals surface area (Å²) >= 11 is 0. The van der Waals surface area contributed by atoms with Gasteiger partial charge in [0.2, 0.25) is 0 Å². The highest BCUT2D eigenvalue weighted by Crippen LogP contribution is 2.50. The maximum atomic E-state index is 6.73. The summed E-state index contributed by atoms with van der Waals surface area (Å²) in [5, 5.41) is 12.0. The summed E-state index contributed by atoms with van der Waals surface area (Å²) in [4.78, 5) is 0. The number of hydrogen-bond donors (Lipinski definition) is 0. The average molecular weight is 673 g/mol. The van der Waals surface area contributed by atoms with Crippen molar-refractivity contribution in [1.29, 1.82) is 0 Å². The zero-order chi connectivity index (χ0) is 34.9. The molecule has 0 saturated heterocycles. The van der Waals surface area contributed by atoms with Crippen LogP contribution in [-0.2, 0) is 0 Å². The van der Waals surface area contributed by atoms with Crippen molar-refractivity contribution in [2.24, 2.45) is 0 Å². The van der Waals surface area contributed by atoms with E-state index in [4.69, 9.17) is 4.42 Å². The van der Waals surface area contributed by atoms with Gasteiger partial charge < -0.3 is 4.42 Å². The van der Waals surface area contributed by atoms with Crippen molar-refractivity contribution >= 4 is 65.0 Å². The van der Waals surface area contributed by atoms with Crippen LogP contribution in [0.3, 0.4) is 0 Å². The molecule has 1 aromatic heterocycles. The molecule has 0 unspecified atom stereocenters. The average Bonchev–Trinajstić information content (AvgIpc) is 3.63. The summed E-state index contributed by atoms with van der Waals surface area (Å²) in [7, 11) is 0. The van der Waals surface area contributed by atoms with Crippen LogP contribution in [0.4, 0.5) is 0 Å². The molecule has 0 N–H and O–H groups in total. The molecular formula is C52H32O. The van der Waals surface area contributed by atoms with Gasteiger partial charge in [0.15, 0.2) is 0 Å². The zero-order valence-electron chi connectivity index (χ0n) is 28.9. The number of hydrogen-bond acceptors (Lipinski definition) is 1. The van der Waals surface area contributed by atoms with Crippen LogP contribution in [0.15, 0.2) is 199 Å². The third-order valence-corrected chi connectivity index (χ3v) is 11.1. The quantitative estimate of drug-likeness (QED) is 0.170. The number of fused-ring (bicyclic) bond motifs is 9. The predicted molar refractivity (Wildman–Crippen MR) is 225 cm³/mol. The molecule has 1 nitrogen and oxygen atoms in total. The normalized spacial score (nSPS) is 11.8. The minimum Gasteiger partial charge on any atom is -0.455 e. The van der Waals surface area contributed by atoms with Crippen molar-refractivity contribution < 1.29 is 4.42 Å². The predicted octanol–water partition coefficient (Wildman–Crippen LogP) is 14.9. The van der Waals surface area contributed by atoms with Gasteiger partial charge >= 0.3 is 0 Å². The second-order valence-corrected chi connectivity index (χ2v) is 13.9. The molecule has 0 fully saturated rings. The van der Waals surface area contributed by atoms with Crippen molar-refractivity contribution in [2.45, 2.75) is 0 Å². The molecule has 0 amide bonds. The second-order valence-electron chi connectivity index (χ2n) is 13.9. The summed E-state index contributed by atoms with van der Waals surface area (Å²) in [5.41, 5.74) is 11.7. The fourth-order valence-corrected chi connectivity index (χ4v) is 8.81. The molecule has 0 radical (unpaired) electrons.